The third-order valence-corrected chi connectivity index (χ3v) is 2.29. The molecule has 1 aliphatic heterocycles. The van der Waals surface area contributed by atoms with E-state index in [2.05, 4.69) is 17.4 Å². The first-order valence-electron chi connectivity index (χ1n) is 4.43. The van der Waals surface area contributed by atoms with Gasteiger partial charge in [-0.1, -0.05) is 6.92 Å². The highest BCUT2D eigenvalue weighted by molar-refractivity contribution is 5.77. The molecule has 0 fully saturated rings. The number of benzene rings is 1. The van der Waals surface area contributed by atoms with Gasteiger partial charge in [-0.3, -0.25) is 4.79 Å². The van der Waals surface area contributed by atoms with Crippen molar-refractivity contribution >= 4 is 12.0 Å². The SMILES string of the molecule is CCN1Cc2cc(C=O)ccc2N1. The van der Waals surface area contributed by atoms with Crippen molar-refractivity contribution in [1.82, 2.24) is 5.01 Å². The molecular formula is C10H12N2O. The van der Waals surface area contributed by atoms with Crippen molar-refractivity contribution in [2.24, 2.45) is 0 Å². The van der Waals surface area contributed by atoms with Crippen LogP contribution in [0, 0.1) is 0 Å². The average Bonchev–Trinajstić information content (AvgIpc) is 2.58. The van der Waals surface area contributed by atoms with Gasteiger partial charge in [-0.25, -0.2) is 5.01 Å². The molecule has 3 heteroatoms. The van der Waals surface area contributed by atoms with Crippen LogP contribution in [0.25, 0.3) is 0 Å². The van der Waals surface area contributed by atoms with Gasteiger partial charge in [-0.15, -0.1) is 0 Å². The molecule has 0 radical (unpaired) electrons. The number of anilines is 1. The molecule has 0 saturated carbocycles. The number of nitrogens with one attached hydrogen (secondary N) is 1. The number of hydrazine groups is 1. The molecule has 1 aromatic rings. The summed E-state index contributed by atoms with van der Waals surface area (Å²) in [6, 6.07) is 5.72. The lowest BCUT2D eigenvalue weighted by Crippen LogP contribution is -2.22. The van der Waals surface area contributed by atoms with Crippen LogP contribution in [-0.4, -0.2) is 17.8 Å². The first kappa shape index (κ1) is 8.26. The monoisotopic (exact) mass is 176 g/mol. The summed E-state index contributed by atoms with van der Waals surface area (Å²) in [5, 5.41) is 2.11. The van der Waals surface area contributed by atoms with Crippen LogP contribution in [-0.2, 0) is 6.54 Å². The molecule has 1 aliphatic rings. The van der Waals surface area contributed by atoms with Gasteiger partial charge >= 0.3 is 0 Å². The number of hydrogen-bond acceptors (Lipinski definition) is 3. The summed E-state index contributed by atoms with van der Waals surface area (Å²) in [6.07, 6.45) is 0.884. The summed E-state index contributed by atoms with van der Waals surface area (Å²) >= 11 is 0. The highest BCUT2D eigenvalue weighted by atomic mass is 16.1. The maximum atomic E-state index is 10.5. The topological polar surface area (TPSA) is 32.3 Å². The molecule has 0 saturated heterocycles. The van der Waals surface area contributed by atoms with E-state index in [1.165, 1.54) is 5.56 Å². The minimum atomic E-state index is 0.749. The molecule has 1 N–H and O–H groups in total. The Hall–Kier alpha value is -1.35. The smallest absolute Gasteiger partial charge is 0.150 e. The fraction of sp³-hybridized carbons (Fsp3) is 0.300. The molecule has 13 heavy (non-hydrogen) atoms. The normalized spacial score (nSPS) is 15.2. The predicted octanol–water partition coefficient (Wildman–Crippen LogP) is 1.66. The lowest BCUT2D eigenvalue weighted by Gasteiger charge is -2.11. The van der Waals surface area contributed by atoms with E-state index in [1.807, 2.05) is 18.2 Å². The molecule has 68 valence electrons. The summed E-state index contributed by atoms with van der Waals surface area (Å²) in [7, 11) is 0. The average molecular weight is 176 g/mol. The third kappa shape index (κ3) is 1.42. The summed E-state index contributed by atoms with van der Waals surface area (Å²) in [5.74, 6) is 0. The van der Waals surface area contributed by atoms with Crippen LogP contribution in [0.15, 0.2) is 18.2 Å². The van der Waals surface area contributed by atoms with E-state index in [4.69, 9.17) is 0 Å². The molecule has 0 unspecified atom stereocenters. The van der Waals surface area contributed by atoms with Crippen molar-refractivity contribution in [1.29, 1.82) is 0 Å². The second-order valence-electron chi connectivity index (χ2n) is 3.16. The number of rotatable bonds is 2. The largest absolute Gasteiger partial charge is 0.318 e. The number of hydrogen-bond donors (Lipinski definition) is 1. The maximum absolute atomic E-state index is 10.5. The summed E-state index contributed by atoms with van der Waals surface area (Å²) in [6.45, 7) is 3.94. The molecule has 0 spiro atoms. The van der Waals surface area contributed by atoms with Gasteiger partial charge in [0.25, 0.3) is 0 Å². The Morgan fingerprint density at radius 3 is 3.15 bits per heavy atom. The Kier molecular flexibility index (Phi) is 2.02. The Morgan fingerprint density at radius 2 is 2.46 bits per heavy atom. The number of aldehydes is 1. The molecule has 1 aromatic carbocycles. The van der Waals surface area contributed by atoms with Crippen molar-refractivity contribution in [2.75, 3.05) is 12.0 Å². The van der Waals surface area contributed by atoms with E-state index in [-0.39, 0.29) is 0 Å². The van der Waals surface area contributed by atoms with E-state index < -0.39 is 0 Å². The first-order valence-corrected chi connectivity index (χ1v) is 4.43. The van der Waals surface area contributed by atoms with Crippen LogP contribution in [0.2, 0.25) is 0 Å². The minimum absolute atomic E-state index is 0.749. The second kappa shape index (κ2) is 3.18. The molecule has 2 rings (SSSR count). The van der Waals surface area contributed by atoms with E-state index in [1.54, 1.807) is 0 Å². The van der Waals surface area contributed by atoms with Crippen LogP contribution in [0.5, 0.6) is 0 Å². The van der Waals surface area contributed by atoms with Crippen LogP contribution in [0.3, 0.4) is 0 Å². The Balaban J connectivity index is 2.30. The van der Waals surface area contributed by atoms with Crippen molar-refractivity contribution in [3.63, 3.8) is 0 Å². The van der Waals surface area contributed by atoms with Crippen molar-refractivity contribution in [3.05, 3.63) is 29.3 Å². The summed E-state index contributed by atoms with van der Waals surface area (Å²) < 4.78 is 0. The highest BCUT2D eigenvalue weighted by Crippen LogP contribution is 2.25. The molecule has 0 amide bonds. The zero-order valence-electron chi connectivity index (χ0n) is 7.58. The lowest BCUT2D eigenvalue weighted by atomic mass is 10.1. The highest BCUT2D eigenvalue weighted by Gasteiger charge is 2.16. The molecule has 0 aliphatic carbocycles. The van der Waals surface area contributed by atoms with Gasteiger partial charge in [0.1, 0.15) is 6.29 Å². The van der Waals surface area contributed by atoms with E-state index in [0.29, 0.717) is 0 Å². The Labute approximate surface area is 77.3 Å². The summed E-state index contributed by atoms with van der Waals surface area (Å²) in [5.41, 5.74) is 6.32. The van der Waals surface area contributed by atoms with Gasteiger partial charge in [0.2, 0.25) is 0 Å². The van der Waals surface area contributed by atoms with Gasteiger partial charge in [0.15, 0.2) is 0 Å². The van der Waals surface area contributed by atoms with E-state index >= 15 is 0 Å². The first-order chi connectivity index (χ1) is 6.33. The fourth-order valence-corrected chi connectivity index (χ4v) is 1.53. The van der Waals surface area contributed by atoms with Crippen molar-refractivity contribution in [2.45, 2.75) is 13.5 Å². The Morgan fingerprint density at radius 1 is 1.62 bits per heavy atom. The number of nitrogens with zero attached hydrogens (tertiary/aromatic N) is 1. The maximum Gasteiger partial charge on any atom is 0.150 e. The predicted molar refractivity (Wildman–Crippen MR) is 51.5 cm³/mol. The zero-order chi connectivity index (χ0) is 9.26. The van der Waals surface area contributed by atoms with Crippen molar-refractivity contribution < 1.29 is 4.79 Å². The Bertz CT molecular complexity index is 336. The van der Waals surface area contributed by atoms with Gasteiger partial charge in [-0.2, -0.15) is 0 Å². The van der Waals surface area contributed by atoms with Crippen molar-refractivity contribution in [3.8, 4) is 0 Å². The van der Waals surface area contributed by atoms with Crippen LogP contribution in [0.4, 0.5) is 5.69 Å². The molecule has 0 bridgehead atoms. The van der Waals surface area contributed by atoms with E-state index in [0.717, 1.165) is 30.6 Å². The van der Waals surface area contributed by atoms with E-state index in [9.17, 15) is 4.79 Å². The summed E-state index contributed by atoms with van der Waals surface area (Å²) in [4.78, 5) is 10.5. The number of carbonyl (C=O) groups excluding carboxylic acids is 1. The van der Waals surface area contributed by atoms with Gasteiger partial charge < -0.3 is 5.43 Å². The second-order valence-corrected chi connectivity index (χ2v) is 3.16. The van der Waals surface area contributed by atoms with Crippen LogP contribution >= 0.6 is 0 Å². The molecule has 0 aromatic heterocycles. The molecule has 3 nitrogen and oxygen atoms in total. The standard InChI is InChI=1S/C10H12N2O/c1-2-12-6-9-5-8(7-13)3-4-10(9)11-12/h3-5,7,11H,2,6H2,1H3. The zero-order valence-corrected chi connectivity index (χ0v) is 7.58. The molecule has 0 atom stereocenters. The van der Waals surface area contributed by atoms with Gasteiger partial charge in [0.05, 0.1) is 5.69 Å². The van der Waals surface area contributed by atoms with Crippen LogP contribution in [0.1, 0.15) is 22.8 Å². The third-order valence-electron chi connectivity index (χ3n) is 2.29. The lowest BCUT2D eigenvalue weighted by molar-refractivity contribution is 0.112. The fourth-order valence-electron chi connectivity index (χ4n) is 1.53. The quantitative estimate of drug-likeness (QED) is 0.695. The van der Waals surface area contributed by atoms with Gasteiger partial charge in [0, 0.05) is 18.7 Å². The van der Waals surface area contributed by atoms with Crippen LogP contribution < -0.4 is 5.43 Å². The van der Waals surface area contributed by atoms with Gasteiger partial charge in [-0.05, 0) is 23.8 Å². The number of carbonyl (C=O) groups is 1. The minimum Gasteiger partial charge on any atom is -0.318 e. The molecule has 1 heterocycles. The molecular weight excluding hydrogens is 164 g/mol. The number of fused-ring (bicyclic) bond motifs is 1.